The molecule has 3 saturated heterocycles. The molecule has 8 rings (SSSR count). The van der Waals surface area contributed by atoms with Gasteiger partial charge in [-0.2, -0.15) is 4.89 Å². The molecule has 4 aromatic heterocycles. The second kappa shape index (κ2) is 10.6. The molecule has 47 heavy (non-hydrogen) atoms. The maximum absolute atomic E-state index is 13.5. The van der Waals surface area contributed by atoms with Crippen LogP contribution in [0.15, 0.2) is 25.3 Å². The van der Waals surface area contributed by atoms with Crippen molar-refractivity contribution in [3.63, 3.8) is 0 Å². The molecule has 0 amide bonds. The molecule has 4 aromatic rings. The minimum Gasteiger partial charge on any atom is -0.396 e. The topological polar surface area (TPSA) is 321 Å². The minimum atomic E-state index is -4.87. The van der Waals surface area contributed by atoms with Crippen molar-refractivity contribution in [2.24, 2.45) is 11.8 Å². The van der Waals surface area contributed by atoms with E-state index in [1.165, 1.54) is 34.4 Å². The lowest BCUT2D eigenvalue weighted by molar-refractivity contribution is -0.354. The first-order chi connectivity index (χ1) is 22.4. The highest BCUT2D eigenvalue weighted by molar-refractivity contribution is 7.52. The van der Waals surface area contributed by atoms with Crippen LogP contribution in [0.25, 0.3) is 22.3 Å². The standard InChI is InChI=1S/C23H26N10O12P2/c24-16-10-18(28-3-26-16)32(5-30-10)20-12(35)14-15(42-20)22(43-14,2-46(37)38)45-47(39,40)7-41-13-9-8(1-34)23(9,36)44-21(13)33-6-31-11-17(25)27-4-29-19(11)33/h3-6,8-9,12-15,20-21,34-36H,1-2,7H2,(H5-,24,25,26,27,28,29,37,38,39,40)/p+1/t8-,9?,12?,13?,14?,15+,20-,21-,22?,23?/m1/s1. The molecule has 1 aliphatic carbocycles. The number of aromatic nitrogens is 8. The maximum Gasteiger partial charge on any atom is 0.511 e. The molecule has 0 bridgehead atoms. The number of nitrogens with two attached hydrogens (primary N) is 2. The molecule has 4 aliphatic rings. The summed E-state index contributed by atoms with van der Waals surface area (Å²) < 4.78 is 57.2. The van der Waals surface area contributed by atoms with Crippen molar-refractivity contribution >= 4 is 49.6 Å². The van der Waals surface area contributed by atoms with E-state index in [4.69, 9.17) is 34.9 Å². The molecular weight excluding hydrogens is 670 g/mol. The van der Waals surface area contributed by atoms with Gasteiger partial charge in [-0.3, -0.25) is 18.2 Å². The van der Waals surface area contributed by atoms with Crippen molar-refractivity contribution in [1.82, 2.24) is 39.0 Å². The number of nitrogen functional groups attached to an aromatic ring is 2. The summed E-state index contributed by atoms with van der Waals surface area (Å²) in [4.78, 5) is 45.2. The summed E-state index contributed by atoms with van der Waals surface area (Å²) in [7, 11) is -7.89. The number of ether oxygens (including phenoxy) is 4. The third-order valence-electron chi connectivity index (χ3n) is 8.86. The fraction of sp³-hybridized carbons (Fsp3) is 0.565. The fourth-order valence-corrected chi connectivity index (χ4v) is 8.63. The molecular formula is C23H27N10O12P2+. The van der Waals surface area contributed by atoms with Gasteiger partial charge >= 0.3 is 15.6 Å². The van der Waals surface area contributed by atoms with Gasteiger partial charge < -0.3 is 50.6 Å². The number of aliphatic hydroxyl groups excluding tert-OH is 2. The van der Waals surface area contributed by atoms with Crippen molar-refractivity contribution in [2.75, 3.05) is 30.6 Å². The monoisotopic (exact) mass is 697 g/mol. The second-order valence-corrected chi connectivity index (χ2v) is 14.3. The van der Waals surface area contributed by atoms with Gasteiger partial charge in [0, 0.05) is 5.92 Å². The summed E-state index contributed by atoms with van der Waals surface area (Å²) >= 11 is 0. The lowest BCUT2D eigenvalue weighted by atomic mass is 9.96. The number of fused-ring (bicyclic) bond motifs is 4. The number of anilines is 2. The van der Waals surface area contributed by atoms with Gasteiger partial charge in [0.15, 0.2) is 41.2 Å². The lowest BCUT2D eigenvalue weighted by Crippen LogP contribution is -2.67. The summed E-state index contributed by atoms with van der Waals surface area (Å²) in [5, 5.41) is 31.8. The van der Waals surface area contributed by atoms with E-state index < -0.39 is 95.0 Å². The molecule has 9 N–H and O–H groups in total. The second-order valence-electron chi connectivity index (χ2n) is 11.6. The lowest BCUT2D eigenvalue weighted by Gasteiger charge is -2.47. The molecule has 8 unspecified atom stereocenters. The van der Waals surface area contributed by atoms with Crippen LogP contribution in [0.4, 0.5) is 11.6 Å². The summed E-state index contributed by atoms with van der Waals surface area (Å²) in [5.74, 6) is -5.47. The number of imidazole rings is 2. The fourth-order valence-electron chi connectivity index (χ4n) is 6.73. The molecule has 0 spiro atoms. The quantitative estimate of drug-likeness (QED) is 0.0874. The first-order valence-electron chi connectivity index (χ1n) is 14.0. The van der Waals surface area contributed by atoms with Crippen molar-refractivity contribution in [3.05, 3.63) is 25.3 Å². The Balaban J connectivity index is 1.03. The third-order valence-corrected chi connectivity index (χ3v) is 10.6. The Morgan fingerprint density at radius 1 is 1.00 bits per heavy atom. The summed E-state index contributed by atoms with van der Waals surface area (Å²) in [5.41, 5.74) is 12.7. The minimum absolute atomic E-state index is 0.0834. The molecule has 0 radical (unpaired) electrons. The van der Waals surface area contributed by atoms with Crippen LogP contribution in [-0.2, 0) is 32.6 Å². The van der Waals surface area contributed by atoms with Gasteiger partial charge in [0.25, 0.3) is 5.79 Å². The summed E-state index contributed by atoms with van der Waals surface area (Å²) in [6.45, 7) is -0.462. The Bertz CT molecular complexity index is 1970. The molecule has 24 heteroatoms. The van der Waals surface area contributed by atoms with Crippen LogP contribution in [0.1, 0.15) is 12.5 Å². The van der Waals surface area contributed by atoms with Gasteiger partial charge in [0.2, 0.25) is 6.16 Å². The van der Waals surface area contributed by atoms with Crippen LogP contribution < -0.4 is 11.5 Å². The zero-order valence-corrected chi connectivity index (χ0v) is 25.6. The maximum atomic E-state index is 13.5. The normalized spacial score (nSPS) is 37.4. The van der Waals surface area contributed by atoms with Crippen molar-refractivity contribution in [2.45, 2.75) is 48.4 Å². The van der Waals surface area contributed by atoms with E-state index in [0.717, 1.165) is 0 Å². The zero-order chi connectivity index (χ0) is 33.0. The molecule has 7 heterocycles. The highest BCUT2D eigenvalue weighted by Crippen LogP contribution is 2.64. The van der Waals surface area contributed by atoms with E-state index in [1.54, 1.807) is 0 Å². The van der Waals surface area contributed by atoms with Crippen LogP contribution in [-0.4, -0.2) is 119 Å². The molecule has 3 aliphatic heterocycles. The molecule has 4 fully saturated rings. The molecule has 12 atom stereocenters. The van der Waals surface area contributed by atoms with Crippen LogP contribution >= 0.6 is 15.6 Å². The molecule has 0 aromatic carbocycles. The summed E-state index contributed by atoms with van der Waals surface area (Å²) in [6, 6.07) is 0. The van der Waals surface area contributed by atoms with Gasteiger partial charge in [0.05, 0.1) is 25.2 Å². The largest absolute Gasteiger partial charge is 0.511 e. The van der Waals surface area contributed by atoms with Crippen molar-refractivity contribution < 1.29 is 57.7 Å². The van der Waals surface area contributed by atoms with E-state index >= 15 is 0 Å². The number of nitrogens with zero attached hydrogens (tertiary/aromatic N) is 8. The number of aliphatic hydroxyl groups is 3. The van der Waals surface area contributed by atoms with Gasteiger partial charge in [-0.15, -0.1) is 0 Å². The first kappa shape index (κ1) is 30.9. The number of hydrogen-bond donors (Lipinski definition) is 7. The van der Waals surface area contributed by atoms with E-state index in [-0.39, 0.29) is 34.0 Å². The predicted octanol–water partition coefficient (Wildman–Crippen LogP) is -2.08. The van der Waals surface area contributed by atoms with Crippen LogP contribution in [0.5, 0.6) is 0 Å². The summed E-state index contributed by atoms with van der Waals surface area (Å²) in [6.07, 6.45) is -4.03. The van der Waals surface area contributed by atoms with Gasteiger partial charge in [0.1, 0.15) is 54.5 Å². The number of hydrogen-bond acceptors (Lipinski definition) is 18. The van der Waals surface area contributed by atoms with E-state index in [0.29, 0.717) is 0 Å². The first-order valence-corrected chi connectivity index (χ1v) is 17.2. The molecule has 22 nitrogen and oxygen atoms in total. The average Bonchev–Trinajstić information content (AvgIpc) is 3.51. The van der Waals surface area contributed by atoms with Crippen molar-refractivity contribution in [1.29, 1.82) is 0 Å². The highest BCUT2D eigenvalue weighted by atomic mass is 31.2. The average molecular weight is 697 g/mol. The van der Waals surface area contributed by atoms with Gasteiger partial charge in [-0.05, 0) is 4.57 Å². The third kappa shape index (κ3) is 4.60. The van der Waals surface area contributed by atoms with Crippen LogP contribution in [0.2, 0.25) is 0 Å². The smallest absolute Gasteiger partial charge is 0.396 e. The van der Waals surface area contributed by atoms with Crippen LogP contribution in [0, 0.1) is 11.8 Å². The van der Waals surface area contributed by atoms with Crippen LogP contribution in [0.3, 0.4) is 0 Å². The van der Waals surface area contributed by atoms with E-state index in [1.807, 2.05) is 0 Å². The molecule has 1 saturated carbocycles. The van der Waals surface area contributed by atoms with Crippen molar-refractivity contribution in [3.8, 4) is 0 Å². The zero-order valence-electron chi connectivity index (χ0n) is 23.8. The Labute approximate surface area is 262 Å². The highest BCUT2D eigenvalue weighted by Gasteiger charge is 2.77. The Morgan fingerprint density at radius 2 is 1.62 bits per heavy atom. The van der Waals surface area contributed by atoms with Gasteiger partial charge in [-0.25, -0.2) is 29.9 Å². The van der Waals surface area contributed by atoms with Gasteiger partial charge in [-0.1, -0.05) is 0 Å². The van der Waals surface area contributed by atoms with E-state index in [9.17, 15) is 34.2 Å². The number of rotatable bonds is 10. The predicted molar refractivity (Wildman–Crippen MR) is 151 cm³/mol. The SMILES string of the molecule is Nc1ncnc2c1ncn2[C@@H]1O[C@H]2C(OC2(C[P+](=O)O)OP(=O)(O)COC2C3[C@@H](CO)C3(O)O[C@H]2n2cnc3c(N)ncnc32)C1O. The molecule has 250 valence electrons. The Morgan fingerprint density at radius 3 is 2.21 bits per heavy atom. The van der Waals surface area contributed by atoms with E-state index in [2.05, 4.69) is 29.9 Å². The Kier molecular flexibility index (Phi) is 6.95. The Hall–Kier alpha value is -3.37.